The first kappa shape index (κ1) is 11.5. The first-order valence-corrected chi connectivity index (χ1v) is 6.06. The van der Waals surface area contributed by atoms with Crippen LogP contribution in [0.15, 0.2) is 48.5 Å². The molecule has 0 unspecified atom stereocenters. The molecule has 1 aromatic heterocycles. The van der Waals surface area contributed by atoms with Gasteiger partial charge in [-0.3, -0.25) is 4.79 Å². The van der Waals surface area contributed by atoms with Crippen LogP contribution in [0.4, 0.5) is 0 Å². The minimum atomic E-state index is 0.225. The van der Waals surface area contributed by atoms with Crippen molar-refractivity contribution in [3.63, 3.8) is 0 Å². The molecule has 0 N–H and O–H groups in total. The zero-order chi connectivity index (χ0) is 13.2. The number of hydrogen-bond donors (Lipinski definition) is 0. The summed E-state index contributed by atoms with van der Waals surface area (Å²) >= 11 is 0. The second-order valence-electron chi connectivity index (χ2n) is 4.43. The Kier molecular flexibility index (Phi) is 2.80. The van der Waals surface area contributed by atoms with Gasteiger partial charge in [-0.1, -0.05) is 36.4 Å². The topological polar surface area (TPSA) is 42.9 Å². The number of aldehydes is 1. The van der Waals surface area contributed by atoms with Gasteiger partial charge < -0.3 is 0 Å². The predicted molar refractivity (Wildman–Crippen MR) is 75.1 cm³/mol. The van der Waals surface area contributed by atoms with E-state index in [-0.39, 0.29) is 5.82 Å². The first-order chi connectivity index (χ1) is 9.26. The quantitative estimate of drug-likeness (QED) is 0.653. The number of aryl methyl sites for hydroxylation is 1. The van der Waals surface area contributed by atoms with Crippen molar-refractivity contribution in [1.29, 1.82) is 0 Å². The zero-order valence-corrected chi connectivity index (χ0v) is 10.5. The van der Waals surface area contributed by atoms with Crippen molar-refractivity contribution < 1.29 is 4.79 Å². The van der Waals surface area contributed by atoms with E-state index >= 15 is 0 Å². The fourth-order valence-corrected chi connectivity index (χ4v) is 2.14. The van der Waals surface area contributed by atoms with Crippen molar-refractivity contribution >= 4 is 17.1 Å². The summed E-state index contributed by atoms with van der Waals surface area (Å²) in [6.45, 7) is 1.86. The third-order valence-corrected chi connectivity index (χ3v) is 3.02. The molecule has 0 amide bonds. The van der Waals surface area contributed by atoms with Crippen LogP contribution in [0, 0.1) is 6.92 Å². The van der Waals surface area contributed by atoms with Crippen molar-refractivity contribution in [2.24, 2.45) is 0 Å². The molecule has 0 fully saturated rings. The van der Waals surface area contributed by atoms with Crippen molar-refractivity contribution in [2.45, 2.75) is 6.92 Å². The number of benzene rings is 2. The average Bonchev–Trinajstić information content (AvgIpc) is 2.46. The molecule has 2 aromatic carbocycles. The lowest BCUT2D eigenvalue weighted by molar-refractivity contribution is 0.111. The molecule has 0 saturated carbocycles. The van der Waals surface area contributed by atoms with Crippen LogP contribution in [0.1, 0.15) is 16.3 Å². The number of hydrogen-bond acceptors (Lipinski definition) is 3. The molecule has 1 heterocycles. The molecule has 0 radical (unpaired) electrons. The van der Waals surface area contributed by atoms with Crippen LogP contribution in [0.3, 0.4) is 0 Å². The Hall–Kier alpha value is -2.55. The van der Waals surface area contributed by atoms with Gasteiger partial charge in [0, 0.05) is 11.3 Å². The van der Waals surface area contributed by atoms with Gasteiger partial charge in [-0.15, -0.1) is 0 Å². The molecule has 3 nitrogen and oxygen atoms in total. The normalized spacial score (nSPS) is 10.6. The van der Waals surface area contributed by atoms with Crippen LogP contribution in [-0.4, -0.2) is 16.3 Å². The summed E-state index contributed by atoms with van der Waals surface area (Å²) in [4.78, 5) is 19.1. The summed E-state index contributed by atoms with van der Waals surface area (Å²) in [6, 6.07) is 16.2. The molecular formula is C16H12N2O. The van der Waals surface area contributed by atoms with E-state index in [1.807, 2.05) is 31.2 Å². The minimum absolute atomic E-state index is 0.225. The molecule has 3 aromatic rings. The molecule has 0 aliphatic rings. The molecule has 19 heavy (non-hydrogen) atoms. The largest absolute Gasteiger partial charge is 0.294 e. The smallest absolute Gasteiger partial charge is 0.193 e. The van der Waals surface area contributed by atoms with Gasteiger partial charge in [0.2, 0.25) is 0 Å². The zero-order valence-electron chi connectivity index (χ0n) is 10.5. The minimum Gasteiger partial charge on any atom is -0.294 e. The number of nitrogens with zero attached hydrogens (tertiary/aromatic N) is 2. The predicted octanol–water partition coefficient (Wildman–Crippen LogP) is 3.42. The fourth-order valence-electron chi connectivity index (χ4n) is 2.14. The number of aromatic nitrogens is 2. The summed E-state index contributed by atoms with van der Waals surface area (Å²) in [5.41, 5.74) is 2.56. The van der Waals surface area contributed by atoms with Gasteiger partial charge in [-0.05, 0) is 29.8 Å². The summed E-state index contributed by atoms with van der Waals surface area (Å²) in [6.07, 6.45) is 0.678. The molecule has 0 spiro atoms. The molecule has 0 bridgehead atoms. The van der Waals surface area contributed by atoms with E-state index in [9.17, 15) is 4.79 Å². The average molecular weight is 248 g/mol. The molecule has 0 aliphatic heterocycles. The Morgan fingerprint density at radius 1 is 0.947 bits per heavy atom. The molecule has 3 heteroatoms. The lowest BCUT2D eigenvalue weighted by atomic mass is 10.0. The highest BCUT2D eigenvalue weighted by Gasteiger charge is 2.05. The molecule has 92 valence electrons. The van der Waals surface area contributed by atoms with E-state index in [2.05, 4.69) is 34.2 Å². The third-order valence-electron chi connectivity index (χ3n) is 3.02. The van der Waals surface area contributed by atoms with E-state index in [1.54, 1.807) is 0 Å². The Morgan fingerprint density at radius 3 is 2.53 bits per heavy atom. The summed E-state index contributed by atoms with van der Waals surface area (Å²) in [7, 11) is 0. The highest BCUT2D eigenvalue weighted by Crippen LogP contribution is 2.23. The highest BCUT2D eigenvalue weighted by atomic mass is 16.1. The Morgan fingerprint density at radius 2 is 1.74 bits per heavy atom. The van der Waals surface area contributed by atoms with Gasteiger partial charge in [0.15, 0.2) is 12.1 Å². The highest BCUT2D eigenvalue weighted by molar-refractivity contribution is 5.87. The van der Waals surface area contributed by atoms with Gasteiger partial charge in [0.1, 0.15) is 0 Å². The van der Waals surface area contributed by atoms with Gasteiger partial charge >= 0.3 is 0 Å². The van der Waals surface area contributed by atoms with Crippen molar-refractivity contribution in [3.8, 4) is 11.3 Å². The fraction of sp³-hybridized carbons (Fsp3) is 0.0625. The maximum atomic E-state index is 10.8. The molecule has 0 aliphatic carbocycles. The number of fused-ring (bicyclic) bond motifs is 1. The van der Waals surface area contributed by atoms with Crippen LogP contribution in [0.25, 0.3) is 22.0 Å². The SMILES string of the molecule is Cc1cc(-c2ccc3ccccc3c2)nc(C=O)n1. The van der Waals surface area contributed by atoms with E-state index in [0.717, 1.165) is 22.3 Å². The van der Waals surface area contributed by atoms with Crippen LogP contribution >= 0.6 is 0 Å². The number of rotatable bonds is 2. The Balaban J connectivity index is 2.18. The summed E-state index contributed by atoms with van der Waals surface area (Å²) in [5, 5.41) is 2.34. The molecule has 3 rings (SSSR count). The van der Waals surface area contributed by atoms with Crippen LogP contribution < -0.4 is 0 Å². The Labute approximate surface area is 111 Å². The van der Waals surface area contributed by atoms with E-state index < -0.39 is 0 Å². The van der Waals surface area contributed by atoms with Gasteiger partial charge in [0.25, 0.3) is 0 Å². The molecule has 0 atom stereocenters. The van der Waals surface area contributed by atoms with Crippen LogP contribution in [0.2, 0.25) is 0 Å². The second kappa shape index (κ2) is 4.61. The maximum Gasteiger partial charge on any atom is 0.193 e. The summed E-state index contributed by atoms with van der Waals surface area (Å²) in [5.74, 6) is 0.225. The van der Waals surface area contributed by atoms with Crippen molar-refractivity contribution in [1.82, 2.24) is 9.97 Å². The first-order valence-electron chi connectivity index (χ1n) is 6.06. The lowest BCUT2D eigenvalue weighted by Gasteiger charge is -2.05. The maximum absolute atomic E-state index is 10.8. The summed E-state index contributed by atoms with van der Waals surface area (Å²) < 4.78 is 0. The standard InChI is InChI=1S/C16H12N2O/c1-11-8-15(18-16(10-19)17-11)14-7-6-12-4-2-3-5-13(12)9-14/h2-10H,1H3. The van der Waals surface area contributed by atoms with E-state index in [1.165, 1.54) is 5.39 Å². The third kappa shape index (κ3) is 2.22. The Bertz CT molecular complexity index is 766. The van der Waals surface area contributed by atoms with Crippen molar-refractivity contribution in [2.75, 3.05) is 0 Å². The molecule has 0 saturated heterocycles. The van der Waals surface area contributed by atoms with Crippen LogP contribution in [-0.2, 0) is 0 Å². The number of carbonyl (C=O) groups is 1. The van der Waals surface area contributed by atoms with Gasteiger partial charge in [-0.2, -0.15) is 0 Å². The van der Waals surface area contributed by atoms with Crippen LogP contribution in [0.5, 0.6) is 0 Å². The van der Waals surface area contributed by atoms with E-state index in [4.69, 9.17) is 0 Å². The lowest BCUT2D eigenvalue weighted by Crippen LogP contribution is -1.97. The van der Waals surface area contributed by atoms with E-state index in [0.29, 0.717) is 6.29 Å². The number of carbonyl (C=O) groups excluding carboxylic acids is 1. The second-order valence-corrected chi connectivity index (χ2v) is 4.43. The van der Waals surface area contributed by atoms with Gasteiger partial charge in [-0.25, -0.2) is 9.97 Å². The van der Waals surface area contributed by atoms with Gasteiger partial charge in [0.05, 0.1) is 5.69 Å². The van der Waals surface area contributed by atoms with Crippen molar-refractivity contribution in [3.05, 3.63) is 60.0 Å². The monoisotopic (exact) mass is 248 g/mol. The molecular weight excluding hydrogens is 236 g/mol.